The normalized spacial score (nSPS) is 14.6. The molecule has 3 rings (SSSR count). The van der Waals surface area contributed by atoms with Gasteiger partial charge in [-0.15, -0.1) is 0 Å². The van der Waals surface area contributed by atoms with E-state index in [0.717, 1.165) is 24.6 Å². The summed E-state index contributed by atoms with van der Waals surface area (Å²) in [5, 5.41) is 12.1. The van der Waals surface area contributed by atoms with Crippen molar-refractivity contribution in [3.05, 3.63) is 46.3 Å². The molecule has 0 radical (unpaired) electrons. The van der Waals surface area contributed by atoms with Crippen molar-refractivity contribution in [1.29, 1.82) is 0 Å². The second-order valence-electron chi connectivity index (χ2n) is 8.63. The van der Waals surface area contributed by atoms with E-state index in [9.17, 15) is 4.79 Å². The highest BCUT2D eigenvalue weighted by Crippen LogP contribution is 2.21. The van der Waals surface area contributed by atoms with E-state index >= 15 is 0 Å². The third-order valence-corrected chi connectivity index (χ3v) is 5.86. The minimum absolute atomic E-state index is 0.159. The number of carboxylic acid groups (broad SMARTS) is 1. The van der Waals surface area contributed by atoms with E-state index in [2.05, 4.69) is 46.3 Å². The number of hydrogen-bond acceptors (Lipinski definition) is 6. The molecule has 0 aliphatic carbocycles. The topological polar surface area (TPSA) is 104 Å². The first-order valence-electron chi connectivity index (χ1n) is 11.0. The number of likely N-dealkylation sites (tertiary alicyclic amines) is 1. The SMILES string of the molecule is Cc1cc(C)c(N)c(C)c1.Cc1nc(NCCCC2CCN(C)CC2)ncc1C(=O)O. The molecule has 7 nitrogen and oxygen atoms in total. The zero-order valence-electron chi connectivity index (χ0n) is 19.5. The maximum Gasteiger partial charge on any atom is 0.339 e. The van der Waals surface area contributed by atoms with E-state index in [1.165, 1.54) is 55.2 Å². The number of aryl methyl sites for hydroxylation is 4. The van der Waals surface area contributed by atoms with E-state index in [1.807, 2.05) is 13.8 Å². The lowest BCUT2D eigenvalue weighted by Crippen LogP contribution is -2.30. The van der Waals surface area contributed by atoms with Crippen molar-refractivity contribution in [2.24, 2.45) is 5.92 Å². The van der Waals surface area contributed by atoms with Crippen LogP contribution in [-0.2, 0) is 0 Å². The Balaban J connectivity index is 0.000000285. The van der Waals surface area contributed by atoms with E-state index in [-0.39, 0.29) is 5.56 Å². The number of aromatic nitrogens is 2. The summed E-state index contributed by atoms with van der Waals surface area (Å²) in [7, 11) is 2.18. The monoisotopic (exact) mass is 427 g/mol. The Morgan fingerprint density at radius 3 is 2.35 bits per heavy atom. The fourth-order valence-corrected chi connectivity index (χ4v) is 3.90. The number of piperidine rings is 1. The quantitative estimate of drug-likeness (QED) is 0.468. The Morgan fingerprint density at radius 1 is 1.19 bits per heavy atom. The van der Waals surface area contributed by atoms with Crippen LogP contribution in [0.2, 0.25) is 0 Å². The van der Waals surface area contributed by atoms with Crippen LogP contribution in [-0.4, -0.2) is 52.6 Å². The van der Waals surface area contributed by atoms with Gasteiger partial charge in [-0.3, -0.25) is 0 Å². The maximum absolute atomic E-state index is 10.9. The molecular formula is C24H37N5O2. The zero-order valence-corrected chi connectivity index (χ0v) is 19.5. The summed E-state index contributed by atoms with van der Waals surface area (Å²) >= 11 is 0. The summed E-state index contributed by atoms with van der Waals surface area (Å²) in [5.74, 6) is 0.363. The molecule has 7 heteroatoms. The summed E-state index contributed by atoms with van der Waals surface area (Å²) in [6, 6.07) is 4.20. The summed E-state index contributed by atoms with van der Waals surface area (Å²) < 4.78 is 0. The summed E-state index contributed by atoms with van der Waals surface area (Å²) in [6.45, 7) is 11.1. The number of aromatic carboxylic acids is 1. The molecule has 0 saturated carbocycles. The van der Waals surface area contributed by atoms with Gasteiger partial charge in [-0.1, -0.05) is 17.7 Å². The highest BCUT2D eigenvalue weighted by atomic mass is 16.4. The van der Waals surface area contributed by atoms with E-state index < -0.39 is 5.97 Å². The molecule has 0 unspecified atom stereocenters. The first-order chi connectivity index (χ1) is 14.7. The number of carboxylic acids is 1. The summed E-state index contributed by atoms with van der Waals surface area (Å²) in [5.41, 5.74) is 11.0. The van der Waals surface area contributed by atoms with Crippen LogP contribution in [0.15, 0.2) is 18.3 Å². The minimum Gasteiger partial charge on any atom is -0.478 e. The zero-order chi connectivity index (χ0) is 23.0. The smallest absolute Gasteiger partial charge is 0.339 e. The first kappa shape index (κ1) is 24.6. The van der Waals surface area contributed by atoms with E-state index in [1.54, 1.807) is 6.92 Å². The molecule has 0 spiro atoms. The van der Waals surface area contributed by atoms with Crippen LogP contribution in [0.3, 0.4) is 0 Å². The molecule has 170 valence electrons. The fourth-order valence-electron chi connectivity index (χ4n) is 3.90. The number of nitrogens with one attached hydrogen (secondary N) is 1. The second kappa shape index (κ2) is 11.6. The average molecular weight is 428 g/mol. The molecule has 4 N–H and O–H groups in total. The molecule has 1 aromatic heterocycles. The Morgan fingerprint density at radius 2 is 1.81 bits per heavy atom. The molecule has 1 aliphatic heterocycles. The number of anilines is 2. The summed E-state index contributed by atoms with van der Waals surface area (Å²) in [4.78, 5) is 21.5. The van der Waals surface area contributed by atoms with Gasteiger partial charge >= 0.3 is 5.97 Å². The van der Waals surface area contributed by atoms with Gasteiger partial charge in [0, 0.05) is 18.4 Å². The van der Waals surface area contributed by atoms with Crippen LogP contribution in [0.4, 0.5) is 11.6 Å². The maximum atomic E-state index is 10.9. The van der Waals surface area contributed by atoms with Crippen molar-refractivity contribution in [3.8, 4) is 0 Å². The number of nitrogens with two attached hydrogens (primary N) is 1. The van der Waals surface area contributed by atoms with Crippen LogP contribution in [0.25, 0.3) is 0 Å². The van der Waals surface area contributed by atoms with Crippen LogP contribution in [0.1, 0.15) is 58.4 Å². The third-order valence-electron chi connectivity index (χ3n) is 5.86. The molecule has 31 heavy (non-hydrogen) atoms. The van der Waals surface area contributed by atoms with E-state index in [0.29, 0.717) is 11.6 Å². The summed E-state index contributed by atoms with van der Waals surface area (Å²) in [6.07, 6.45) is 6.27. The van der Waals surface area contributed by atoms with E-state index in [4.69, 9.17) is 10.8 Å². The average Bonchev–Trinajstić information content (AvgIpc) is 2.71. The van der Waals surface area contributed by atoms with Crippen LogP contribution in [0, 0.1) is 33.6 Å². The molecule has 2 heterocycles. The Labute approximate surface area is 186 Å². The van der Waals surface area contributed by atoms with Crippen molar-refractivity contribution in [1.82, 2.24) is 14.9 Å². The van der Waals surface area contributed by atoms with Gasteiger partial charge in [0.25, 0.3) is 0 Å². The molecule has 0 atom stereocenters. The lowest BCUT2D eigenvalue weighted by molar-refractivity contribution is 0.0695. The van der Waals surface area contributed by atoms with Gasteiger partial charge in [0.1, 0.15) is 0 Å². The molecule has 0 bridgehead atoms. The molecule has 0 amide bonds. The minimum atomic E-state index is -0.985. The second-order valence-corrected chi connectivity index (χ2v) is 8.63. The highest BCUT2D eigenvalue weighted by molar-refractivity contribution is 5.88. The predicted octanol–water partition coefficient (Wildman–Crippen LogP) is 4.21. The van der Waals surface area contributed by atoms with Crippen LogP contribution < -0.4 is 11.1 Å². The fraction of sp³-hybridized carbons (Fsp3) is 0.542. The molecule has 1 aromatic carbocycles. The van der Waals surface area contributed by atoms with Crippen LogP contribution in [0.5, 0.6) is 0 Å². The number of nitrogens with zero attached hydrogens (tertiary/aromatic N) is 3. The number of benzene rings is 1. The van der Waals surface area contributed by atoms with Crippen molar-refractivity contribution in [2.75, 3.05) is 37.7 Å². The third kappa shape index (κ3) is 7.83. The van der Waals surface area contributed by atoms with Gasteiger partial charge < -0.3 is 21.1 Å². The van der Waals surface area contributed by atoms with Crippen molar-refractivity contribution in [3.63, 3.8) is 0 Å². The number of nitrogen functional groups attached to an aromatic ring is 1. The highest BCUT2D eigenvalue weighted by Gasteiger charge is 2.16. The van der Waals surface area contributed by atoms with Crippen molar-refractivity contribution >= 4 is 17.6 Å². The number of carbonyl (C=O) groups is 1. The molecular weight excluding hydrogens is 390 g/mol. The number of hydrogen-bond donors (Lipinski definition) is 3. The van der Waals surface area contributed by atoms with Crippen LogP contribution >= 0.6 is 0 Å². The van der Waals surface area contributed by atoms with Gasteiger partial charge in [0.15, 0.2) is 0 Å². The molecule has 1 fully saturated rings. The van der Waals surface area contributed by atoms with Gasteiger partial charge in [0.2, 0.25) is 5.95 Å². The Bertz CT molecular complexity index is 853. The van der Waals surface area contributed by atoms with Gasteiger partial charge in [-0.2, -0.15) is 0 Å². The standard InChI is InChI=1S/C15H24N4O2.C9H13N/c1-11-13(14(20)21)10-17-15(18-11)16-7-3-4-12-5-8-19(2)9-6-12;1-6-4-7(2)9(10)8(3)5-6/h10,12H,3-9H2,1-2H3,(H,20,21)(H,16,17,18);4-5H,10H2,1-3H3. The largest absolute Gasteiger partial charge is 0.478 e. The van der Waals surface area contributed by atoms with Gasteiger partial charge in [-0.05, 0) is 90.6 Å². The lowest BCUT2D eigenvalue weighted by atomic mass is 9.92. The molecule has 1 aliphatic rings. The first-order valence-corrected chi connectivity index (χ1v) is 11.0. The molecule has 1 saturated heterocycles. The lowest BCUT2D eigenvalue weighted by Gasteiger charge is -2.28. The Hall–Kier alpha value is -2.67. The predicted molar refractivity (Wildman–Crippen MR) is 127 cm³/mol. The van der Waals surface area contributed by atoms with Crippen molar-refractivity contribution < 1.29 is 9.90 Å². The number of rotatable bonds is 6. The Kier molecular flexibility index (Phi) is 9.24. The molecule has 2 aromatic rings. The van der Waals surface area contributed by atoms with Gasteiger partial charge in [-0.25, -0.2) is 14.8 Å². The van der Waals surface area contributed by atoms with Gasteiger partial charge in [0.05, 0.1) is 11.3 Å². The van der Waals surface area contributed by atoms with Crippen molar-refractivity contribution in [2.45, 2.75) is 53.4 Å².